The molecule has 346 valence electrons. The smallest absolute Gasteiger partial charge is 0.346 e. The van der Waals surface area contributed by atoms with E-state index in [1.807, 2.05) is 0 Å². The molecule has 24 heteroatoms. The summed E-state index contributed by atoms with van der Waals surface area (Å²) < 4.78 is 184. The van der Waals surface area contributed by atoms with Crippen LogP contribution in [0.3, 0.4) is 0 Å². The van der Waals surface area contributed by atoms with Crippen LogP contribution in [-0.2, 0) is 56.3 Å². The number of hydrogen-bond acceptors (Lipinski definition) is 8. The Morgan fingerprint density at radius 3 is 2.26 bits per heavy atom. The Balaban J connectivity index is 1.32. The number of nitrogens with one attached hydrogen (secondary N) is 2. The van der Waals surface area contributed by atoms with Gasteiger partial charge in [0.2, 0.25) is 15.9 Å². The van der Waals surface area contributed by atoms with Crippen molar-refractivity contribution in [1.82, 2.24) is 29.9 Å². The van der Waals surface area contributed by atoms with Crippen molar-refractivity contribution in [3.63, 3.8) is 0 Å². The molecular weight excluding hydrogens is 941 g/mol. The van der Waals surface area contributed by atoms with E-state index in [0.717, 1.165) is 23.1 Å². The molecule has 2 fully saturated rings. The highest BCUT2D eigenvalue weighted by molar-refractivity contribution is 7.93. The third-order valence-electron chi connectivity index (χ3n) is 11.5. The van der Waals surface area contributed by atoms with Crippen LogP contribution in [0, 0.1) is 29.4 Å². The van der Waals surface area contributed by atoms with Gasteiger partial charge in [-0.2, -0.15) is 32.1 Å². The maximum atomic E-state index is 15.5. The zero-order valence-corrected chi connectivity index (χ0v) is 36.4. The lowest BCUT2D eigenvalue weighted by molar-refractivity contribution is -0.142. The van der Waals surface area contributed by atoms with Crippen LogP contribution in [0.5, 0.6) is 0 Å². The lowest BCUT2D eigenvalue weighted by Crippen LogP contribution is -2.35. The first-order valence-corrected chi connectivity index (χ1v) is 23.5. The summed E-state index contributed by atoms with van der Waals surface area (Å²) in [6.45, 7) is 0.290. The maximum Gasteiger partial charge on any atom is 0.435 e. The first-order chi connectivity index (χ1) is 30.2. The van der Waals surface area contributed by atoms with Gasteiger partial charge in [0.05, 0.1) is 32.9 Å². The summed E-state index contributed by atoms with van der Waals surface area (Å²) in [5, 5.41) is 9.01. The molecule has 0 saturated heterocycles. The monoisotopic (exact) mass is 975 g/mol. The maximum absolute atomic E-state index is 15.5. The average molecular weight is 976 g/mol. The molecule has 3 aliphatic rings. The lowest BCUT2D eigenvalue weighted by atomic mass is 9.93. The van der Waals surface area contributed by atoms with Gasteiger partial charge in [-0.25, -0.2) is 39.4 Å². The molecule has 3 aliphatic carbocycles. The number of hydrogen-bond donors (Lipinski definition) is 2. The van der Waals surface area contributed by atoms with Crippen molar-refractivity contribution in [3.8, 4) is 23.0 Å². The summed E-state index contributed by atoms with van der Waals surface area (Å²) in [5.41, 5.74) is -4.22. The molecule has 0 aliphatic heterocycles. The van der Waals surface area contributed by atoms with Crippen molar-refractivity contribution in [2.24, 2.45) is 5.92 Å². The standard InChI is InChI=1S/C41H35ClF9N7O5S2/c1-39(2,64(3,60)61)11-10-22-4-7-24(25-8-9-28(42)33-35(25)57(17-30(45)46)55-38(33)56-65(62,63)23-5-6-23)34(52-22)29(14-19-12-20(43)15-21(44)13-19)53-31(59)18-58-37-32(36(54-58)41(49,50)51)26-16-27(26)40(37,47)48/h4,7-9,12-13,15,23,26-27,29-30H,5-6,14,16-18H2,1-3H3,(H,53,59)(H,55,56)/t26-,27+,29-/m0/s1. The van der Waals surface area contributed by atoms with E-state index in [9.17, 15) is 52.4 Å². The summed E-state index contributed by atoms with van der Waals surface area (Å²) in [5.74, 6) is -4.86. The molecule has 3 aromatic heterocycles. The number of rotatable bonds is 13. The number of pyridine rings is 1. The second-order valence-electron chi connectivity index (χ2n) is 16.7. The lowest BCUT2D eigenvalue weighted by Gasteiger charge is -2.23. The predicted octanol–water partition coefficient (Wildman–Crippen LogP) is 7.90. The molecule has 65 heavy (non-hydrogen) atoms. The number of fused-ring (bicyclic) bond motifs is 4. The van der Waals surface area contributed by atoms with Gasteiger partial charge in [0.25, 0.3) is 12.3 Å². The minimum atomic E-state index is -5.16. The number of nitrogens with zero attached hydrogens (tertiary/aromatic N) is 5. The first kappa shape index (κ1) is 46.2. The second-order valence-corrected chi connectivity index (χ2v) is 21.6. The topological polar surface area (TPSA) is 158 Å². The largest absolute Gasteiger partial charge is 0.435 e. The minimum Gasteiger partial charge on any atom is -0.346 e. The summed E-state index contributed by atoms with van der Waals surface area (Å²) in [7, 11) is -7.88. The van der Waals surface area contributed by atoms with E-state index in [0.29, 0.717) is 18.9 Å². The zero-order chi connectivity index (χ0) is 47.3. The number of halogens is 10. The number of sulfone groups is 1. The average Bonchev–Trinajstić information content (AvgIpc) is 4.10. The van der Waals surface area contributed by atoms with Crippen LogP contribution >= 0.6 is 11.6 Å². The summed E-state index contributed by atoms with van der Waals surface area (Å²) in [6, 6.07) is 5.93. The van der Waals surface area contributed by atoms with Gasteiger partial charge in [0.1, 0.15) is 40.9 Å². The minimum absolute atomic E-state index is 0.0313. The number of carbonyl (C=O) groups is 1. The Hall–Kier alpha value is -5.34. The SMILES string of the molecule is CC(C)(C#Cc1ccc(-c2ccc(Cl)c3c(NS(=O)(=O)C4CC4)nn(CC(F)F)c23)c([C@H](Cc2cc(F)cc(F)c2)NC(=O)Cn2nc(C(F)(F)F)c3c2C(F)(F)[C@@H]2C[C@H]32)n1)S(C)(=O)=O. The summed E-state index contributed by atoms with van der Waals surface area (Å²) in [6.07, 6.45) is -7.43. The van der Waals surface area contributed by atoms with E-state index in [1.165, 1.54) is 38.1 Å². The van der Waals surface area contributed by atoms with E-state index in [1.54, 1.807) is 0 Å². The quantitative estimate of drug-likeness (QED) is 0.0891. The number of benzene rings is 2. The first-order valence-electron chi connectivity index (χ1n) is 19.7. The van der Waals surface area contributed by atoms with Crippen molar-refractivity contribution in [3.05, 3.63) is 93.0 Å². The number of amides is 1. The van der Waals surface area contributed by atoms with Gasteiger partial charge in [-0.15, -0.1) is 0 Å². The molecule has 2 saturated carbocycles. The Bertz CT molecular complexity index is 3070. The number of sulfonamides is 1. The Kier molecular flexibility index (Phi) is 11.3. The highest BCUT2D eigenvalue weighted by Crippen LogP contribution is 2.68. The van der Waals surface area contributed by atoms with Crippen LogP contribution in [0.25, 0.3) is 22.0 Å². The molecular formula is C41H35ClF9N7O5S2. The van der Waals surface area contributed by atoms with Gasteiger partial charge in [0, 0.05) is 34.9 Å². The molecule has 0 radical (unpaired) electrons. The zero-order valence-electron chi connectivity index (χ0n) is 34.0. The molecule has 1 amide bonds. The van der Waals surface area contributed by atoms with Gasteiger partial charge in [0.15, 0.2) is 21.3 Å². The molecule has 3 atom stereocenters. The fourth-order valence-corrected chi connectivity index (χ4v) is 9.74. The fraction of sp³-hybridized carbons (Fsp3) is 0.415. The third kappa shape index (κ3) is 8.88. The van der Waals surface area contributed by atoms with Gasteiger partial charge in [-0.05, 0) is 87.3 Å². The van der Waals surface area contributed by atoms with E-state index in [-0.39, 0.29) is 55.1 Å². The molecule has 5 aromatic rings. The Labute approximate surface area is 369 Å². The van der Waals surface area contributed by atoms with Crippen LogP contribution in [0.15, 0.2) is 42.5 Å². The second kappa shape index (κ2) is 15.9. The van der Waals surface area contributed by atoms with E-state index in [2.05, 4.69) is 37.1 Å². The molecule has 0 spiro atoms. The number of aromatic nitrogens is 5. The van der Waals surface area contributed by atoms with Crippen molar-refractivity contribution >= 4 is 54.1 Å². The van der Waals surface area contributed by atoms with Gasteiger partial charge in [-0.3, -0.25) is 18.9 Å². The van der Waals surface area contributed by atoms with Crippen molar-refractivity contribution in [2.75, 3.05) is 11.0 Å². The molecule has 8 rings (SSSR count). The number of anilines is 1. The van der Waals surface area contributed by atoms with E-state index >= 15 is 8.78 Å². The number of carbonyl (C=O) groups excluding carboxylic acids is 1. The highest BCUT2D eigenvalue weighted by atomic mass is 35.5. The Morgan fingerprint density at radius 2 is 1.65 bits per heavy atom. The van der Waals surface area contributed by atoms with E-state index in [4.69, 9.17) is 11.6 Å². The predicted molar refractivity (Wildman–Crippen MR) is 218 cm³/mol. The summed E-state index contributed by atoms with van der Waals surface area (Å²) >= 11 is 6.61. The van der Waals surface area contributed by atoms with Crippen LogP contribution in [0.1, 0.15) is 79.0 Å². The summed E-state index contributed by atoms with van der Waals surface area (Å²) in [4.78, 5) is 18.7. The van der Waals surface area contributed by atoms with Crippen molar-refractivity contribution < 1.29 is 61.1 Å². The van der Waals surface area contributed by atoms with Gasteiger partial charge in [-0.1, -0.05) is 23.6 Å². The third-order valence-corrected chi connectivity index (χ3v) is 15.6. The molecule has 3 heterocycles. The molecule has 2 N–H and O–H groups in total. The fourth-order valence-electron chi connectivity index (χ4n) is 7.92. The molecule has 2 aromatic carbocycles. The molecule has 12 nitrogen and oxygen atoms in total. The Morgan fingerprint density at radius 1 is 0.985 bits per heavy atom. The van der Waals surface area contributed by atoms with Crippen LogP contribution in [-0.4, -0.2) is 70.0 Å². The van der Waals surface area contributed by atoms with Gasteiger partial charge < -0.3 is 5.32 Å². The van der Waals surface area contributed by atoms with Crippen LogP contribution < -0.4 is 10.0 Å². The normalized spacial score (nSPS) is 18.6. The van der Waals surface area contributed by atoms with Gasteiger partial charge >= 0.3 is 6.18 Å². The van der Waals surface area contributed by atoms with E-state index < -0.39 is 126 Å². The van der Waals surface area contributed by atoms with Crippen LogP contribution in [0.2, 0.25) is 5.02 Å². The highest BCUT2D eigenvalue weighted by Gasteiger charge is 2.68. The molecule has 0 bridgehead atoms. The number of alkyl halides is 7. The van der Waals surface area contributed by atoms with Crippen LogP contribution in [0.4, 0.5) is 45.3 Å². The molecule has 0 unspecified atom stereocenters. The van der Waals surface area contributed by atoms with Crippen molar-refractivity contribution in [1.29, 1.82) is 0 Å². The van der Waals surface area contributed by atoms with Crippen molar-refractivity contribution in [2.45, 2.75) is 93.1 Å².